The Bertz CT molecular complexity index is 850. The Morgan fingerprint density at radius 3 is 2.31 bits per heavy atom. The lowest BCUT2D eigenvalue weighted by Gasteiger charge is -2.03. The van der Waals surface area contributed by atoms with Gasteiger partial charge in [-0.3, -0.25) is 0 Å². The molecule has 26 heavy (non-hydrogen) atoms. The third kappa shape index (κ3) is 4.32. The molecule has 5 heteroatoms. The molecule has 0 aliphatic heterocycles. The average molecular weight is 352 g/mol. The summed E-state index contributed by atoms with van der Waals surface area (Å²) in [4.78, 5) is 11.5. The van der Waals surface area contributed by atoms with Gasteiger partial charge in [-0.25, -0.2) is 4.79 Å². The fraction of sp³-hybridized carbons (Fsp3) is 0.190. The number of carbonyl (C=O) groups excluding carboxylic acids is 1. The minimum atomic E-state index is -0.343. The van der Waals surface area contributed by atoms with Crippen LogP contribution in [0.1, 0.15) is 21.7 Å². The van der Waals surface area contributed by atoms with Gasteiger partial charge < -0.3 is 19.2 Å². The van der Waals surface area contributed by atoms with E-state index in [4.69, 9.17) is 13.9 Å². The summed E-state index contributed by atoms with van der Waals surface area (Å²) < 4.78 is 15.8. The molecule has 1 heterocycles. The zero-order valence-corrected chi connectivity index (χ0v) is 14.9. The second-order valence-corrected chi connectivity index (χ2v) is 5.88. The van der Waals surface area contributed by atoms with Crippen LogP contribution in [0.25, 0.3) is 11.3 Å². The molecule has 5 nitrogen and oxygen atoms in total. The van der Waals surface area contributed by atoms with Crippen LogP contribution in [0.5, 0.6) is 5.75 Å². The van der Waals surface area contributed by atoms with E-state index in [1.54, 1.807) is 19.2 Å². The number of methoxy groups -OCH3 is 2. The summed E-state index contributed by atoms with van der Waals surface area (Å²) in [7, 11) is 3.04. The number of ether oxygens (including phenoxy) is 2. The van der Waals surface area contributed by atoms with Crippen molar-refractivity contribution in [3.05, 3.63) is 77.6 Å². The van der Waals surface area contributed by atoms with Crippen LogP contribution in [-0.4, -0.2) is 20.2 Å². The molecule has 0 saturated carbocycles. The standard InChI is InChI=1S/C21H21NO4/c1-24-18-9-3-15(4-10-18)13-22-14-19-11-12-20(26-19)16-5-7-17(8-6-16)21(23)25-2/h3-12,22H,13-14H2,1-2H3/p+1. The Kier molecular flexibility index (Phi) is 5.71. The molecule has 0 atom stereocenters. The van der Waals surface area contributed by atoms with E-state index in [0.717, 1.165) is 35.9 Å². The Balaban J connectivity index is 1.56. The molecule has 0 saturated heterocycles. The van der Waals surface area contributed by atoms with E-state index in [0.29, 0.717) is 5.56 Å². The molecule has 0 spiro atoms. The van der Waals surface area contributed by atoms with Crippen LogP contribution < -0.4 is 10.1 Å². The SMILES string of the molecule is COC(=O)c1ccc(-c2ccc(C[NH2+]Cc3ccc(OC)cc3)o2)cc1. The molecule has 3 aromatic rings. The minimum absolute atomic E-state index is 0.343. The van der Waals surface area contributed by atoms with Gasteiger partial charge in [-0.05, 0) is 48.5 Å². The average Bonchev–Trinajstić information content (AvgIpc) is 3.17. The predicted octanol–water partition coefficient (Wildman–Crippen LogP) is 3.01. The molecule has 3 rings (SSSR count). The van der Waals surface area contributed by atoms with Crippen LogP contribution in [0.3, 0.4) is 0 Å². The van der Waals surface area contributed by atoms with E-state index in [2.05, 4.69) is 17.4 Å². The molecule has 2 aromatic carbocycles. The normalized spacial score (nSPS) is 10.5. The van der Waals surface area contributed by atoms with Crippen molar-refractivity contribution in [3.63, 3.8) is 0 Å². The van der Waals surface area contributed by atoms with Gasteiger partial charge in [0.1, 0.15) is 24.6 Å². The number of hydrogen-bond donors (Lipinski definition) is 1. The second-order valence-electron chi connectivity index (χ2n) is 5.88. The molecule has 0 aliphatic carbocycles. The van der Waals surface area contributed by atoms with Crippen LogP contribution in [0.2, 0.25) is 0 Å². The molecular formula is C21H22NO4+. The number of nitrogens with two attached hydrogens (primary N) is 1. The summed E-state index contributed by atoms with van der Waals surface area (Å²) >= 11 is 0. The number of esters is 1. The van der Waals surface area contributed by atoms with Crippen molar-refractivity contribution < 1.29 is 24.0 Å². The smallest absolute Gasteiger partial charge is 0.337 e. The van der Waals surface area contributed by atoms with Gasteiger partial charge in [0.15, 0.2) is 5.76 Å². The quantitative estimate of drug-likeness (QED) is 0.664. The molecule has 0 amide bonds. The third-order valence-corrected chi connectivity index (χ3v) is 4.14. The van der Waals surface area contributed by atoms with Crippen LogP contribution in [0.4, 0.5) is 0 Å². The summed E-state index contributed by atoms with van der Waals surface area (Å²) in [5, 5.41) is 2.19. The third-order valence-electron chi connectivity index (χ3n) is 4.14. The molecule has 0 fully saturated rings. The zero-order chi connectivity index (χ0) is 18.4. The first-order valence-corrected chi connectivity index (χ1v) is 8.41. The first kappa shape index (κ1) is 17.8. The van der Waals surface area contributed by atoms with Gasteiger partial charge in [0.05, 0.1) is 19.8 Å². The fourth-order valence-electron chi connectivity index (χ4n) is 2.67. The maximum Gasteiger partial charge on any atom is 0.337 e. The summed E-state index contributed by atoms with van der Waals surface area (Å²) in [6, 6.07) is 19.2. The van der Waals surface area contributed by atoms with Gasteiger partial charge in [0, 0.05) is 11.1 Å². The highest BCUT2D eigenvalue weighted by Gasteiger charge is 2.09. The van der Waals surface area contributed by atoms with Crippen LogP contribution in [0.15, 0.2) is 65.1 Å². The number of furan rings is 1. The van der Waals surface area contributed by atoms with E-state index >= 15 is 0 Å². The van der Waals surface area contributed by atoms with E-state index in [1.807, 2.05) is 36.4 Å². The van der Waals surface area contributed by atoms with Crippen molar-refractivity contribution in [2.45, 2.75) is 13.1 Å². The Morgan fingerprint density at radius 1 is 0.923 bits per heavy atom. The molecule has 134 valence electrons. The minimum Gasteiger partial charge on any atom is -0.497 e. The molecule has 0 unspecified atom stereocenters. The molecule has 0 bridgehead atoms. The molecule has 2 N–H and O–H groups in total. The van der Waals surface area contributed by atoms with Gasteiger partial charge >= 0.3 is 5.97 Å². The lowest BCUT2D eigenvalue weighted by atomic mass is 10.1. The Hall–Kier alpha value is -3.05. The lowest BCUT2D eigenvalue weighted by Crippen LogP contribution is -2.80. The monoisotopic (exact) mass is 352 g/mol. The highest BCUT2D eigenvalue weighted by molar-refractivity contribution is 5.89. The number of carbonyl (C=O) groups is 1. The van der Waals surface area contributed by atoms with Crippen molar-refractivity contribution >= 4 is 5.97 Å². The fourth-order valence-corrected chi connectivity index (χ4v) is 2.67. The topological polar surface area (TPSA) is 65.3 Å². The highest BCUT2D eigenvalue weighted by Crippen LogP contribution is 2.22. The largest absolute Gasteiger partial charge is 0.497 e. The predicted molar refractivity (Wildman–Crippen MR) is 97.8 cm³/mol. The van der Waals surface area contributed by atoms with Gasteiger partial charge in [-0.15, -0.1) is 0 Å². The number of hydrogen-bond acceptors (Lipinski definition) is 4. The maximum absolute atomic E-state index is 11.5. The molecule has 0 radical (unpaired) electrons. The molecular weight excluding hydrogens is 330 g/mol. The molecule has 0 aliphatic rings. The zero-order valence-electron chi connectivity index (χ0n) is 14.9. The number of benzene rings is 2. The van der Waals surface area contributed by atoms with Crippen molar-refractivity contribution in [3.8, 4) is 17.1 Å². The summed E-state index contributed by atoms with van der Waals surface area (Å²) in [5.41, 5.74) is 2.69. The first-order valence-electron chi connectivity index (χ1n) is 8.41. The van der Waals surface area contributed by atoms with Crippen molar-refractivity contribution in [1.82, 2.24) is 0 Å². The van der Waals surface area contributed by atoms with Crippen molar-refractivity contribution in [1.29, 1.82) is 0 Å². The Morgan fingerprint density at radius 2 is 1.65 bits per heavy atom. The van der Waals surface area contributed by atoms with Gasteiger partial charge in [-0.1, -0.05) is 12.1 Å². The lowest BCUT2D eigenvalue weighted by molar-refractivity contribution is -0.687. The maximum atomic E-state index is 11.5. The van der Waals surface area contributed by atoms with Crippen LogP contribution in [-0.2, 0) is 17.8 Å². The summed E-state index contributed by atoms with van der Waals surface area (Å²) in [5.74, 6) is 2.22. The highest BCUT2D eigenvalue weighted by atomic mass is 16.5. The number of rotatable bonds is 7. The first-order chi connectivity index (χ1) is 12.7. The van der Waals surface area contributed by atoms with Crippen LogP contribution in [0, 0.1) is 0 Å². The van der Waals surface area contributed by atoms with Gasteiger partial charge in [0.25, 0.3) is 0 Å². The van der Waals surface area contributed by atoms with Gasteiger partial charge in [-0.2, -0.15) is 0 Å². The molecule has 1 aromatic heterocycles. The van der Waals surface area contributed by atoms with E-state index in [9.17, 15) is 4.79 Å². The van der Waals surface area contributed by atoms with E-state index in [1.165, 1.54) is 12.7 Å². The summed E-state index contributed by atoms with van der Waals surface area (Å²) in [6.07, 6.45) is 0. The summed E-state index contributed by atoms with van der Waals surface area (Å²) in [6.45, 7) is 1.63. The van der Waals surface area contributed by atoms with E-state index in [-0.39, 0.29) is 5.97 Å². The van der Waals surface area contributed by atoms with Crippen molar-refractivity contribution in [2.24, 2.45) is 0 Å². The number of quaternary nitrogens is 1. The van der Waals surface area contributed by atoms with Crippen LogP contribution >= 0.6 is 0 Å². The van der Waals surface area contributed by atoms with Gasteiger partial charge in [0.2, 0.25) is 0 Å². The van der Waals surface area contributed by atoms with E-state index < -0.39 is 0 Å². The Labute approximate surface area is 152 Å². The van der Waals surface area contributed by atoms with Crippen molar-refractivity contribution in [2.75, 3.05) is 14.2 Å². The second kappa shape index (κ2) is 8.36.